The number of nitrogens with zero attached hydrogens (tertiary/aromatic N) is 1. The van der Waals surface area contributed by atoms with E-state index in [1.54, 1.807) is 16.4 Å². The average molecular weight is 267 g/mol. The van der Waals surface area contributed by atoms with Crippen molar-refractivity contribution in [3.8, 4) is 0 Å². The van der Waals surface area contributed by atoms with Gasteiger partial charge in [0.05, 0.1) is 4.90 Å². The Kier molecular flexibility index (Phi) is 3.78. The number of hydrogen-bond acceptors (Lipinski definition) is 2. The molecular formula is C14H21NO2S. The van der Waals surface area contributed by atoms with E-state index in [-0.39, 0.29) is 6.04 Å². The Balaban J connectivity index is 2.37. The van der Waals surface area contributed by atoms with Crippen LogP contribution in [0.2, 0.25) is 0 Å². The third-order valence-electron chi connectivity index (χ3n) is 3.83. The predicted octanol–water partition coefficient (Wildman–Crippen LogP) is 2.87. The van der Waals surface area contributed by atoms with Crippen LogP contribution in [-0.4, -0.2) is 25.3 Å². The minimum atomic E-state index is -3.32. The number of piperidine rings is 1. The van der Waals surface area contributed by atoms with Crippen LogP contribution in [0.4, 0.5) is 0 Å². The van der Waals surface area contributed by atoms with E-state index in [2.05, 4.69) is 0 Å². The Bertz CT molecular complexity index is 537. The number of hydrogen-bond donors (Lipinski definition) is 0. The topological polar surface area (TPSA) is 37.4 Å². The molecule has 18 heavy (non-hydrogen) atoms. The van der Waals surface area contributed by atoms with E-state index >= 15 is 0 Å². The fourth-order valence-electron chi connectivity index (χ4n) is 2.44. The summed E-state index contributed by atoms with van der Waals surface area (Å²) in [5.41, 5.74) is 2.15. The van der Waals surface area contributed by atoms with Crippen molar-refractivity contribution >= 4 is 10.0 Å². The zero-order chi connectivity index (χ0) is 13.3. The summed E-state index contributed by atoms with van der Waals surface area (Å²) < 4.78 is 26.8. The summed E-state index contributed by atoms with van der Waals surface area (Å²) in [6, 6.07) is 5.51. The molecule has 1 aromatic rings. The van der Waals surface area contributed by atoms with Gasteiger partial charge in [0.15, 0.2) is 0 Å². The molecule has 2 rings (SSSR count). The monoisotopic (exact) mass is 267 g/mol. The average Bonchev–Trinajstić information content (AvgIpc) is 2.33. The molecule has 0 saturated carbocycles. The molecule has 0 N–H and O–H groups in total. The van der Waals surface area contributed by atoms with Crippen LogP contribution >= 0.6 is 0 Å². The van der Waals surface area contributed by atoms with Crippen molar-refractivity contribution in [2.24, 2.45) is 0 Å². The van der Waals surface area contributed by atoms with Crippen molar-refractivity contribution in [1.29, 1.82) is 0 Å². The Labute approximate surface area is 110 Å². The minimum Gasteiger partial charge on any atom is -0.207 e. The predicted molar refractivity (Wildman–Crippen MR) is 73.1 cm³/mol. The first kappa shape index (κ1) is 13.6. The molecule has 4 heteroatoms. The van der Waals surface area contributed by atoms with Crippen LogP contribution in [0.15, 0.2) is 23.1 Å². The smallest absolute Gasteiger partial charge is 0.207 e. The van der Waals surface area contributed by atoms with E-state index in [9.17, 15) is 8.42 Å². The summed E-state index contributed by atoms with van der Waals surface area (Å²) in [6.45, 7) is 6.59. The highest BCUT2D eigenvalue weighted by atomic mass is 32.2. The highest BCUT2D eigenvalue weighted by Crippen LogP contribution is 2.26. The largest absolute Gasteiger partial charge is 0.243 e. The lowest BCUT2D eigenvalue weighted by Crippen LogP contribution is -2.41. The van der Waals surface area contributed by atoms with Gasteiger partial charge in [0.25, 0.3) is 0 Å². The zero-order valence-corrected chi connectivity index (χ0v) is 12.1. The molecule has 3 nitrogen and oxygen atoms in total. The van der Waals surface area contributed by atoms with E-state index in [0.717, 1.165) is 30.4 Å². The maximum absolute atomic E-state index is 12.6. The van der Waals surface area contributed by atoms with Crippen LogP contribution in [0.1, 0.15) is 37.3 Å². The maximum Gasteiger partial charge on any atom is 0.243 e. The third-order valence-corrected chi connectivity index (χ3v) is 5.84. The number of benzene rings is 1. The van der Waals surface area contributed by atoms with Gasteiger partial charge in [-0.3, -0.25) is 0 Å². The second kappa shape index (κ2) is 5.02. The van der Waals surface area contributed by atoms with Gasteiger partial charge in [0.2, 0.25) is 10.0 Å². The summed E-state index contributed by atoms with van der Waals surface area (Å²) in [7, 11) is -3.32. The SMILES string of the molecule is Cc1ccc(S(=O)(=O)N2CCCCC2C)cc1C. The summed E-state index contributed by atoms with van der Waals surface area (Å²) in [5.74, 6) is 0. The van der Waals surface area contributed by atoms with Gasteiger partial charge in [0, 0.05) is 12.6 Å². The van der Waals surface area contributed by atoms with Crippen molar-refractivity contribution in [2.75, 3.05) is 6.54 Å². The van der Waals surface area contributed by atoms with Crippen LogP contribution in [0.25, 0.3) is 0 Å². The van der Waals surface area contributed by atoms with Crippen molar-refractivity contribution in [2.45, 2.75) is 51.0 Å². The molecule has 0 aromatic heterocycles. The zero-order valence-electron chi connectivity index (χ0n) is 11.3. The molecule has 1 heterocycles. The van der Waals surface area contributed by atoms with Crippen LogP contribution in [0, 0.1) is 13.8 Å². The molecule has 1 saturated heterocycles. The van der Waals surface area contributed by atoms with Gasteiger partial charge < -0.3 is 0 Å². The fourth-order valence-corrected chi connectivity index (χ4v) is 4.22. The Morgan fingerprint density at radius 1 is 1.17 bits per heavy atom. The molecule has 1 unspecified atom stereocenters. The summed E-state index contributed by atoms with van der Waals surface area (Å²) >= 11 is 0. The maximum atomic E-state index is 12.6. The van der Waals surface area contributed by atoms with E-state index in [4.69, 9.17) is 0 Å². The van der Waals surface area contributed by atoms with E-state index in [0.29, 0.717) is 11.4 Å². The van der Waals surface area contributed by atoms with Crippen LogP contribution in [0.3, 0.4) is 0 Å². The molecule has 1 aliphatic rings. The summed E-state index contributed by atoms with van der Waals surface area (Å²) in [6.07, 6.45) is 3.05. The van der Waals surface area contributed by atoms with Crippen LogP contribution < -0.4 is 0 Å². The van der Waals surface area contributed by atoms with Crippen LogP contribution in [-0.2, 0) is 10.0 Å². The van der Waals surface area contributed by atoms with E-state index < -0.39 is 10.0 Å². The van der Waals surface area contributed by atoms with Crippen molar-refractivity contribution in [1.82, 2.24) is 4.31 Å². The first-order valence-electron chi connectivity index (χ1n) is 6.52. The van der Waals surface area contributed by atoms with Crippen molar-refractivity contribution < 1.29 is 8.42 Å². The minimum absolute atomic E-state index is 0.116. The molecule has 1 fully saturated rings. The normalized spacial score (nSPS) is 22.1. The van der Waals surface area contributed by atoms with Gasteiger partial charge >= 0.3 is 0 Å². The standard InChI is InChI=1S/C14H21NO2S/c1-11-7-8-14(10-12(11)2)18(16,17)15-9-5-4-6-13(15)3/h7-8,10,13H,4-6,9H2,1-3H3. The lowest BCUT2D eigenvalue weighted by Gasteiger charge is -2.32. The second-order valence-corrected chi connectivity index (χ2v) is 7.10. The molecule has 0 bridgehead atoms. The van der Waals surface area contributed by atoms with Gasteiger partial charge in [-0.1, -0.05) is 12.5 Å². The van der Waals surface area contributed by atoms with Crippen LogP contribution in [0.5, 0.6) is 0 Å². The lowest BCUT2D eigenvalue weighted by molar-refractivity contribution is 0.268. The second-order valence-electron chi connectivity index (χ2n) is 5.21. The van der Waals surface area contributed by atoms with Gasteiger partial charge in [-0.05, 0) is 56.9 Å². The molecule has 0 amide bonds. The Hall–Kier alpha value is -0.870. The van der Waals surface area contributed by atoms with Gasteiger partial charge in [-0.25, -0.2) is 8.42 Å². The number of rotatable bonds is 2. The van der Waals surface area contributed by atoms with E-state index in [1.165, 1.54) is 0 Å². The Morgan fingerprint density at radius 3 is 2.50 bits per heavy atom. The molecule has 0 aliphatic carbocycles. The van der Waals surface area contributed by atoms with Gasteiger partial charge in [0.1, 0.15) is 0 Å². The molecule has 1 atom stereocenters. The highest BCUT2D eigenvalue weighted by Gasteiger charge is 2.30. The molecule has 1 aliphatic heterocycles. The molecule has 0 radical (unpaired) electrons. The third kappa shape index (κ3) is 2.45. The first-order chi connectivity index (χ1) is 8.43. The van der Waals surface area contributed by atoms with Gasteiger partial charge in [-0.15, -0.1) is 0 Å². The quantitative estimate of drug-likeness (QED) is 0.826. The van der Waals surface area contributed by atoms with Crippen molar-refractivity contribution in [3.05, 3.63) is 29.3 Å². The molecule has 1 aromatic carbocycles. The van der Waals surface area contributed by atoms with Gasteiger partial charge in [-0.2, -0.15) is 4.31 Å². The number of aryl methyl sites for hydroxylation is 2. The summed E-state index contributed by atoms with van der Waals surface area (Å²) in [5, 5.41) is 0. The number of sulfonamides is 1. The van der Waals surface area contributed by atoms with E-state index in [1.807, 2.05) is 26.8 Å². The lowest BCUT2D eigenvalue weighted by atomic mass is 10.1. The first-order valence-corrected chi connectivity index (χ1v) is 7.96. The molecular weight excluding hydrogens is 246 g/mol. The highest BCUT2D eigenvalue weighted by molar-refractivity contribution is 7.89. The molecule has 0 spiro atoms. The fraction of sp³-hybridized carbons (Fsp3) is 0.571. The Morgan fingerprint density at radius 2 is 1.89 bits per heavy atom. The molecule has 100 valence electrons. The summed E-state index contributed by atoms with van der Waals surface area (Å²) in [4.78, 5) is 0.430. The van der Waals surface area contributed by atoms with Crippen molar-refractivity contribution in [3.63, 3.8) is 0 Å².